The second-order valence-corrected chi connectivity index (χ2v) is 5.31. The van der Waals surface area contributed by atoms with Crippen LogP contribution in [0, 0.1) is 0 Å². The molecule has 0 saturated carbocycles. The highest BCUT2D eigenvalue weighted by atomic mass is 15.3. The number of hydrogen-bond acceptors (Lipinski definition) is 2. The number of benzene rings is 2. The third-order valence-electron chi connectivity index (χ3n) is 3.94. The molecule has 0 saturated heterocycles. The van der Waals surface area contributed by atoms with E-state index in [2.05, 4.69) is 64.1 Å². The van der Waals surface area contributed by atoms with Gasteiger partial charge in [-0.15, -0.1) is 0 Å². The van der Waals surface area contributed by atoms with Crippen molar-refractivity contribution in [2.24, 2.45) is 0 Å². The molecule has 100 valence electrons. The Morgan fingerprint density at radius 2 is 1.70 bits per heavy atom. The average molecular weight is 263 g/mol. The predicted molar refractivity (Wildman–Crippen MR) is 81.8 cm³/mol. The van der Waals surface area contributed by atoms with E-state index in [-0.39, 0.29) is 0 Å². The molecule has 3 nitrogen and oxygen atoms in total. The van der Waals surface area contributed by atoms with Crippen molar-refractivity contribution in [1.82, 2.24) is 9.55 Å². The molecule has 0 amide bonds. The van der Waals surface area contributed by atoms with Gasteiger partial charge in [-0.3, -0.25) is 0 Å². The van der Waals surface area contributed by atoms with Crippen LogP contribution in [0.15, 0.2) is 54.6 Å². The standard InChI is InChI=1S/C17H17N3/c1-2-7-14(8-3-1)13-19-11-6-12-20-16-10-5-4-9-15(16)18-17(19)20/h1-5,7-10H,6,11-13H2. The predicted octanol–water partition coefficient (Wildman–Crippen LogP) is 3.45. The number of anilines is 1. The summed E-state index contributed by atoms with van der Waals surface area (Å²) in [6.45, 7) is 3.09. The molecule has 1 aliphatic rings. The van der Waals surface area contributed by atoms with Gasteiger partial charge in [0.1, 0.15) is 0 Å². The molecule has 0 N–H and O–H groups in total. The van der Waals surface area contributed by atoms with Gasteiger partial charge in [0.2, 0.25) is 5.95 Å². The number of hydrogen-bond donors (Lipinski definition) is 0. The summed E-state index contributed by atoms with van der Waals surface area (Å²) < 4.78 is 2.35. The molecule has 1 aromatic heterocycles. The van der Waals surface area contributed by atoms with E-state index in [4.69, 9.17) is 4.98 Å². The maximum Gasteiger partial charge on any atom is 0.206 e. The molecule has 0 fully saturated rings. The summed E-state index contributed by atoms with van der Waals surface area (Å²) in [5.74, 6) is 1.11. The first-order chi connectivity index (χ1) is 9.92. The van der Waals surface area contributed by atoms with Crippen molar-refractivity contribution >= 4 is 17.0 Å². The fourth-order valence-electron chi connectivity index (χ4n) is 3.00. The number of imidazole rings is 1. The molecule has 20 heavy (non-hydrogen) atoms. The van der Waals surface area contributed by atoms with Gasteiger partial charge in [-0.05, 0) is 24.1 Å². The Morgan fingerprint density at radius 3 is 2.60 bits per heavy atom. The van der Waals surface area contributed by atoms with Gasteiger partial charge in [-0.1, -0.05) is 42.5 Å². The molecule has 0 spiro atoms. The molecule has 0 bridgehead atoms. The minimum atomic E-state index is 0.935. The second kappa shape index (κ2) is 4.67. The zero-order valence-corrected chi connectivity index (χ0v) is 11.4. The van der Waals surface area contributed by atoms with E-state index >= 15 is 0 Å². The van der Waals surface area contributed by atoms with E-state index in [1.54, 1.807) is 0 Å². The Kier molecular flexibility index (Phi) is 2.69. The molecular formula is C17H17N3. The van der Waals surface area contributed by atoms with Crippen molar-refractivity contribution in [2.45, 2.75) is 19.5 Å². The van der Waals surface area contributed by atoms with E-state index in [0.29, 0.717) is 0 Å². The molecule has 2 heterocycles. The fraction of sp³-hybridized carbons (Fsp3) is 0.235. The molecule has 0 aliphatic carbocycles. The molecule has 0 atom stereocenters. The smallest absolute Gasteiger partial charge is 0.206 e. The van der Waals surface area contributed by atoms with Crippen LogP contribution in [0.2, 0.25) is 0 Å². The van der Waals surface area contributed by atoms with E-state index in [9.17, 15) is 0 Å². The summed E-state index contributed by atoms with van der Waals surface area (Å²) in [4.78, 5) is 7.21. The number of nitrogens with zero attached hydrogens (tertiary/aromatic N) is 3. The summed E-state index contributed by atoms with van der Waals surface area (Å²) in [5, 5.41) is 0. The second-order valence-electron chi connectivity index (χ2n) is 5.31. The third-order valence-corrected chi connectivity index (χ3v) is 3.94. The van der Waals surface area contributed by atoms with Crippen LogP contribution in [0.25, 0.3) is 11.0 Å². The van der Waals surface area contributed by atoms with Gasteiger partial charge in [0, 0.05) is 19.6 Å². The molecule has 1 aliphatic heterocycles. The highest BCUT2D eigenvalue weighted by Crippen LogP contribution is 2.27. The topological polar surface area (TPSA) is 21.1 Å². The highest BCUT2D eigenvalue weighted by molar-refractivity contribution is 5.79. The first-order valence-corrected chi connectivity index (χ1v) is 7.16. The van der Waals surface area contributed by atoms with Crippen LogP contribution in [0.5, 0.6) is 0 Å². The van der Waals surface area contributed by atoms with Crippen LogP contribution in [0.3, 0.4) is 0 Å². The van der Waals surface area contributed by atoms with Gasteiger partial charge in [0.05, 0.1) is 11.0 Å². The van der Waals surface area contributed by atoms with Crippen LogP contribution in [-0.4, -0.2) is 16.1 Å². The van der Waals surface area contributed by atoms with Gasteiger partial charge >= 0.3 is 0 Å². The number of para-hydroxylation sites is 2. The fourth-order valence-corrected chi connectivity index (χ4v) is 3.00. The maximum atomic E-state index is 4.82. The van der Waals surface area contributed by atoms with Gasteiger partial charge < -0.3 is 9.47 Å². The van der Waals surface area contributed by atoms with E-state index in [1.807, 2.05) is 0 Å². The van der Waals surface area contributed by atoms with Gasteiger partial charge in [0.15, 0.2) is 0 Å². The minimum Gasteiger partial charge on any atom is -0.338 e. The third kappa shape index (κ3) is 1.86. The SMILES string of the molecule is c1ccc(CN2CCCn3c2nc2ccccc23)cc1. The van der Waals surface area contributed by atoms with Gasteiger partial charge in [-0.2, -0.15) is 0 Å². The van der Waals surface area contributed by atoms with E-state index < -0.39 is 0 Å². The molecule has 2 aromatic carbocycles. The zero-order valence-electron chi connectivity index (χ0n) is 11.4. The minimum absolute atomic E-state index is 0.935. The Labute approximate surface area is 118 Å². The molecule has 0 unspecified atom stereocenters. The number of aromatic nitrogens is 2. The quantitative estimate of drug-likeness (QED) is 0.706. The van der Waals surface area contributed by atoms with Crippen molar-refractivity contribution in [3.63, 3.8) is 0 Å². The Hall–Kier alpha value is -2.29. The molecule has 3 aromatic rings. The van der Waals surface area contributed by atoms with Crippen LogP contribution >= 0.6 is 0 Å². The van der Waals surface area contributed by atoms with Crippen LogP contribution in [-0.2, 0) is 13.1 Å². The Bertz CT molecular complexity index is 730. The maximum absolute atomic E-state index is 4.82. The van der Waals surface area contributed by atoms with Crippen LogP contribution < -0.4 is 4.90 Å². The van der Waals surface area contributed by atoms with Crippen molar-refractivity contribution in [3.05, 3.63) is 60.2 Å². The average Bonchev–Trinajstić information content (AvgIpc) is 2.88. The van der Waals surface area contributed by atoms with Crippen LogP contribution in [0.1, 0.15) is 12.0 Å². The normalized spacial score (nSPS) is 14.5. The largest absolute Gasteiger partial charge is 0.338 e. The van der Waals surface area contributed by atoms with Gasteiger partial charge in [0.25, 0.3) is 0 Å². The lowest BCUT2D eigenvalue weighted by Crippen LogP contribution is -2.31. The summed E-state index contributed by atoms with van der Waals surface area (Å²) in [6, 6.07) is 19.0. The van der Waals surface area contributed by atoms with Crippen molar-refractivity contribution in [2.75, 3.05) is 11.4 Å². The number of fused-ring (bicyclic) bond motifs is 3. The number of aryl methyl sites for hydroxylation is 1. The monoisotopic (exact) mass is 263 g/mol. The Balaban J connectivity index is 1.75. The molecule has 4 rings (SSSR count). The first-order valence-electron chi connectivity index (χ1n) is 7.16. The lowest BCUT2D eigenvalue weighted by Gasteiger charge is -2.29. The zero-order chi connectivity index (χ0) is 13.4. The number of rotatable bonds is 2. The lowest BCUT2D eigenvalue weighted by molar-refractivity contribution is 0.564. The van der Waals surface area contributed by atoms with Crippen molar-refractivity contribution < 1.29 is 0 Å². The highest BCUT2D eigenvalue weighted by Gasteiger charge is 2.20. The molecule has 3 heteroatoms. The van der Waals surface area contributed by atoms with Crippen LogP contribution in [0.4, 0.5) is 5.95 Å². The summed E-state index contributed by atoms with van der Waals surface area (Å²) in [7, 11) is 0. The summed E-state index contributed by atoms with van der Waals surface area (Å²) >= 11 is 0. The lowest BCUT2D eigenvalue weighted by atomic mass is 10.2. The molecule has 0 radical (unpaired) electrons. The Morgan fingerprint density at radius 1 is 0.900 bits per heavy atom. The van der Waals surface area contributed by atoms with E-state index in [0.717, 1.165) is 31.1 Å². The van der Waals surface area contributed by atoms with Crippen molar-refractivity contribution in [3.8, 4) is 0 Å². The summed E-state index contributed by atoms with van der Waals surface area (Å²) in [6.07, 6.45) is 1.18. The molecular weight excluding hydrogens is 246 g/mol. The van der Waals surface area contributed by atoms with Gasteiger partial charge in [-0.25, -0.2) is 4.98 Å². The van der Waals surface area contributed by atoms with Crippen molar-refractivity contribution in [1.29, 1.82) is 0 Å². The first kappa shape index (κ1) is 11.5. The van der Waals surface area contributed by atoms with E-state index in [1.165, 1.54) is 17.5 Å². The summed E-state index contributed by atoms with van der Waals surface area (Å²) in [5.41, 5.74) is 3.69.